The first-order valence-corrected chi connectivity index (χ1v) is 6.10. The van der Waals surface area contributed by atoms with Crippen molar-refractivity contribution < 1.29 is 4.74 Å². The van der Waals surface area contributed by atoms with Gasteiger partial charge >= 0.3 is 0 Å². The van der Waals surface area contributed by atoms with Crippen molar-refractivity contribution in [3.8, 4) is 11.6 Å². The van der Waals surface area contributed by atoms with E-state index in [0.29, 0.717) is 6.61 Å². The van der Waals surface area contributed by atoms with Gasteiger partial charge in [0.15, 0.2) is 11.6 Å². The zero-order valence-corrected chi connectivity index (χ0v) is 10.7. The van der Waals surface area contributed by atoms with E-state index in [-0.39, 0.29) is 6.04 Å². The third-order valence-electron chi connectivity index (χ3n) is 2.56. The van der Waals surface area contributed by atoms with E-state index < -0.39 is 0 Å². The van der Waals surface area contributed by atoms with E-state index in [9.17, 15) is 0 Å². The molecule has 2 N–H and O–H groups in total. The van der Waals surface area contributed by atoms with E-state index in [1.165, 1.54) is 0 Å². The molecule has 0 saturated carbocycles. The van der Waals surface area contributed by atoms with Crippen molar-refractivity contribution in [1.29, 1.82) is 0 Å². The van der Waals surface area contributed by atoms with Crippen LogP contribution in [0, 0.1) is 0 Å². The van der Waals surface area contributed by atoms with Crippen molar-refractivity contribution >= 4 is 0 Å². The maximum atomic E-state index is 5.85. The van der Waals surface area contributed by atoms with Crippen molar-refractivity contribution in [2.24, 2.45) is 5.73 Å². The Labute approximate surface area is 107 Å². The lowest BCUT2D eigenvalue weighted by atomic mass is 10.1. The molecule has 2 rings (SSSR count). The second kappa shape index (κ2) is 5.64. The predicted octanol–water partition coefficient (Wildman–Crippen LogP) is 2.08. The summed E-state index contributed by atoms with van der Waals surface area (Å²) in [6.07, 6.45) is 6.23. The molecular formula is C13H18N4O. The first kappa shape index (κ1) is 12.6. The summed E-state index contributed by atoms with van der Waals surface area (Å²) in [6, 6.07) is 3.83. The average molecular weight is 246 g/mol. The van der Waals surface area contributed by atoms with Gasteiger partial charge in [-0.2, -0.15) is 5.10 Å². The lowest BCUT2D eigenvalue weighted by molar-refractivity contribution is 0.317. The summed E-state index contributed by atoms with van der Waals surface area (Å²) in [5.41, 5.74) is 6.88. The highest BCUT2D eigenvalue weighted by Gasteiger charge is 2.05. The predicted molar refractivity (Wildman–Crippen MR) is 69.7 cm³/mol. The smallest absolute Gasteiger partial charge is 0.157 e. The topological polar surface area (TPSA) is 66.0 Å². The Morgan fingerprint density at radius 1 is 1.50 bits per heavy atom. The van der Waals surface area contributed by atoms with Gasteiger partial charge in [-0.3, -0.25) is 0 Å². The molecule has 1 unspecified atom stereocenters. The summed E-state index contributed by atoms with van der Waals surface area (Å²) >= 11 is 0. The van der Waals surface area contributed by atoms with Crippen LogP contribution in [-0.2, 0) is 0 Å². The minimum absolute atomic E-state index is 0.0156. The highest BCUT2D eigenvalue weighted by Crippen LogP contribution is 2.15. The highest BCUT2D eigenvalue weighted by atomic mass is 16.5. The van der Waals surface area contributed by atoms with Gasteiger partial charge in [-0.25, -0.2) is 9.67 Å². The zero-order chi connectivity index (χ0) is 13.0. The molecule has 2 aromatic rings. The Kier molecular flexibility index (Phi) is 3.94. The van der Waals surface area contributed by atoms with Crippen LogP contribution in [-0.4, -0.2) is 21.4 Å². The van der Waals surface area contributed by atoms with Crippen LogP contribution >= 0.6 is 0 Å². The number of hydrogen-bond acceptors (Lipinski definition) is 4. The molecule has 0 amide bonds. The molecule has 96 valence electrons. The molecule has 0 aromatic carbocycles. The van der Waals surface area contributed by atoms with Gasteiger partial charge in [0.25, 0.3) is 0 Å². The molecule has 5 heteroatoms. The number of rotatable bonds is 5. The SMILES string of the molecule is CCCOc1cnn(-c2cc(C(C)N)ccn2)c1. The molecule has 5 nitrogen and oxygen atoms in total. The fourth-order valence-corrected chi connectivity index (χ4v) is 1.57. The van der Waals surface area contributed by atoms with E-state index in [1.807, 2.05) is 25.3 Å². The Hall–Kier alpha value is -1.88. The number of nitrogens with zero attached hydrogens (tertiary/aromatic N) is 3. The molecule has 0 aliphatic heterocycles. The van der Waals surface area contributed by atoms with Gasteiger partial charge < -0.3 is 10.5 Å². The van der Waals surface area contributed by atoms with Gasteiger partial charge in [0.1, 0.15) is 0 Å². The molecule has 1 atom stereocenters. The molecule has 2 aromatic heterocycles. The van der Waals surface area contributed by atoms with Crippen LogP contribution < -0.4 is 10.5 Å². The third kappa shape index (κ3) is 2.87. The maximum Gasteiger partial charge on any atom is 0.157 e. The fraction of sp³-hybridized carbons (Fsp3) is 0.385. The second-order valence-electron chi connectivity index (χ2n) is 4.21. The number of aromatic nitrogens is 3. The number of nitrogens with two attached hydrogens (primary N) is 1. The van der Waals surface area contributed by atoms with Gasteiger partial charge in [0, 0.05) is 12.2 Å². The number of hydrogen-bond donors (Lipinski definition) is 1. The van der Waals surface area contributed by atoms with Crippen LogP contribution in [0.5, 0.6) is 5.75 Å². The van der Waals surface area contributed by atoms with Crippen LogP contribution in [0.3, 0.4) is 0 Å². The van der Waals surface area contributed by atoms with Crippen molar-refractivity contribution in [2.45, 2.75) is 26.3 Å². The number of pyridine rings is 1. The summed E-state index contributed by atoms with van der Waals surface area (Å²) in [5.74, 6) is 1.50. The Bertz CT molecular complexity index is 507. The average Bonchev–Trinajstić information content (AvgIpc) is 2.85. The van der Waals surface area contributed by atoms with Crippen LogP contribution in [0.2, 0.25) is 0 Å². The van der Waals surface area contributed by atoms with Crippen molar-refractivity contribution in [3.05, 3.63) is 36.3 Å². The summed E-state index contributed by atoms with van der Waals surface area (Å²) < 4.78 is 7.19. The van der Waals surface area contributed by atoms with Gasteiger partial charge in [0.05, 0.1) is 19.0 Å². The molecule has 18 heavy (non-hydrogen) atoms. The first-order chi connectivity index (χ1) is 8.70. The molecular weight excluding hydrogens is 228 g/mol. The molecule has 0 aliphatic carbocycles. The van der Waals surface area contributed by atoms with Gasteiger partial charge in [-0.05, 0) is 31.0 Å². The van der Waals surface area contributed by atoms with Crippen molar-refractivity contribution in [3.63, 3.8) is 0 Å². The van der Waals surface area contributed by atoms with Gasteiger partial charge in [-0.1, -0.05) is 6.92 Å². The van der Waals surface area contributed by atoms with E-state index in [4.69, 9.17) is 10.5 Å². The quantitative estimate of drug-likeness (QED) is 0.877. The number of ether oxygens (including phenoxy) is 1. The largest absolute Gasteiger partial charge is 0.490 e. The molecule has 0 bridgehead atoms. The zero-order valence-electron chi connectivity index (χ0n) is 10.7. The van der Waals surface area contributed by atoms with Gasteiger partial charge in [0.2, 0.25) is 0 Å². The minimum Gasteiger partial charge on any atom is -0.490 e. The van der Waals surface area contributed by atoms with Crippen LogP contribution in [0.4, 0.5) is 0 Å². The van der Waals surface area contributed by atoms with E-state index >= 15 is 0 Å². The lowest BCUT2D eigenvalue weighted by Gasteiger charge is -2.07. The first-order valence-electron chi connectivity index (χ1n) is 6.10. The normalized spacial score (nSPS) is 12.4. The third-order valence-corrected chi connectivity index (χ3v) is 2.56. The monoisotopic (exact) mass is 246 g/mol. The van der Waals surface area contributed by atoms with Crippen LogP contribution in [0.15, 0.2) is 30.7 Å². The van der Waals surface area contributed by atoms with Crippen molar-refractivity contribution in [2.75, 3.05) is 6.61 Å². The Morgan fingerprint density at radius 2 is 2.33 bits per heavy atom. The van der Waals surface area contributed by atoms with E-state index in [1.54, 1.807) is 17.1 Å². The Morgan fingerprint density at radius 3 is 3.06 bits per heavy atom. The molecule has 0 radical (unpaired) electrons. The van der Waals surface area contributed by atoms with Crippen LogP contribution in [0.1, 0.15) is 31.9 Å². The second-order valence-corrected chi connectivity index (χ2v) is 4.21. The summed E-state index contributed by atoms with van der Waals surface area (Å²) in [6.45, 7) is 4.70. The lowest BCUT2D eigenvalue weighted by Crippen LogP contribution is -2.07. The van der Waals surface area contributed by atoms with Gasteiger partial charge in [-0.15, -0.1) is 0 Å². The fourth-order valence-electron chi connectivity index (χ4n) is 1.57. The van der Waals surface area contributed by atoms with E-state index in [2.05, 4.69) is 17.0 Å². The maximum absolute atomic E-state index is 5.85. The summed E-state index contributed by atoms with van der Waals surface area (Å²) in [4.78, 5) is 4.28. The van der Waals surface area contributed by atoms with Crippen molar-refractivity contribution in [1.82, 2.24) is 14.8 Å². The molecule has 0 fully saturated rings. The highest BCUT2D eigenvalue weighted by molar-refractivity contribution is 5.30. The van der Waals surface area contributed by atoms with Crippen LogP contribution in [0.25, 0.3) is 5.82 Å². The molecule has 0 spiro atoms. The summed E-state index contributed by atoms with van der Waals surface area (Å²) in [5, 5.41) is 4.23. The molecule has 0 aliphatic rings. The minimum atomic E-state index is -0.0156. The van der Waals surface area contributed by atoms with E-state index in [0.717, 1.165) is 23.6 Å². The standard InChI is InChI=1S/C13H18N4O/c1-3-6-18-12-8-16-17(9-12)13-7-11(10(2)14)4-5-15-13/h4-5,7-10H,3,6,14H2,1-2H3. The molecule has 2 heterocycles. The Balaban J connectivity index is 2.20. The molecule has 0 saturated heterocycles. The summed E-state index contributed by atoms with van der Waals surface area (Å²) in [7, 11) is 0.